The number of hydrogen-bond donors (Lipinski definition) is 0. The molecule has 92 valence electrons. The third-order valence-corrected chi connectivity index (χ3v) is 2.49. The zero-order valence-corrected chi connectivity index (χ0v) is 11.4. The standard InChI is InChI=1S/C13H15NO.C2H6/c1-4-12-10(3)15-13(14-12)11-7-5-6-9(2)8-11;1-2/h5-8H,4H2,1-3H3;1-2H3. The number of oxazole rings is 1. The van der Waals surface area contributed by atoms with Crippen molar-refractivity contribution >= 4 is 0 Å². The maximum atomic E-state index is 5.64. The third-order valence-electron chi connectivity index (χ3n) is 2.49. The first-order chi connectivity index (χ1) is 8.20. The average Bonchev–Trinajstić information content (AvgIpc) is 2.73. The van der Waals surface area contributed by atoms with Crippen LogP contribution in [0, 0.1) is 13.8 Å². The number of benzene rings is 1. The molecule has 0 aliphatic heterocycles. The molecule has 2 aromatic rings. The van der Waals surface area contributed by atoms with Crippen LogP contribution in [0.2, 0.25) is 0 Å². The maximum absolute atomic E-state index is 5.64. The minimum absolute atomic E-state index is 0.730. The van der Waals surface area contributed by atoms with E-state index in [1.807, 2.05) is 32.9 Å². The van der Waals surface area contributed by atoms with E-state index in [1.165, 1.54) is 5.56 Å². The first-order valence-corrected chi connectivity index (χ1v) is 6.24. The Kier molecular flexibility index (Phi) is 4.95. The molecule has 0 fully saturated rings. The summed E-state index contributed by atoms with van der Waals surface area (Å²) in [5.74, 6) is 1.65. The molecule has 2 rings (SSSR count). The van der Waals surface area contributed by atoms with E-state index in [1.54, 1.807) is 0 Å². The molecule has 1 aromatic heterocycles. The first-order valence-electron chi connectivity index (χ1n) is 6.24. The van der Waals surface area contributed by atoms with Crippen LogP contribution in [0.3, 0.4) is 0 Å². The molecule has 0 saturated heterocycles. The molecule has 0 atom stereocenters. The van der Waals surface area contributed by atoms with E-state index in [0.29, 0.717) is 0 Å². The summed E-state index contributed by atoms with van der Waals surface area (Å²) in [4.78, 5) is 4.47. The van der Waals surface area contributed by atoms with Gasteiger partial charge in [-0.05, 0) is 32.4 Å². The van der Waals surface area contributed by atoms with Gasteiger partial charge in [0.1, 0.15) is 5.76 Å². The lowest BCUT2D eigenvalue weighted by atomic mass is 10.1. The van der Waals surface area contributed by atoms with Crippen molar-refractivity contribution in [2.75, 3.05) is 0 Å². The summed E-state index contributed by atoms with van der Waals surface area (Å²) in [7, 11) is 0. The van der Waals surface area contributed by atoms with Crippen molar-refractivity contribution in [3.63, 3.8) is 0 Å². The molecule has 0 aliphatic rings. The molecular formula is C15H21NO. The molecule has 0 radical (unpaired) electrons. The fourth-order valence-electron chi connectivity index (χ4n) is 1.66. The van der Waals surface area contributed by atoms with Crippen LogP contribution >= 0.6 is 0 Å². The predicted molar refractivity (Wildman–Crippen MR) is 72.1 cm³/mol. The maximum Gasteiger partial charge on any atom is 0.226 e. The Labute approximate surface area is 104 Å². The van der Waals surface area contributed by atoms with Gasteiger partial charge in [-0.3, -0.25) is 0 Å². The van der Waals surface area contributed by atoms with Crippen molar-refractivity contribution in [2.45, 2.75) is 41.0 Å². The highest BCUT2D eigenvalue weighted by molar-refractivity contribution is 5.54. The zero-order chi connectivity index (χ0) is 12.8. The molecule has 0 N–H and O–H groups in total. The van der Waals surface area contributed by atoms with Gasteiger partial charge in [0.2, 0.25) is 5.89 Å². The van der Waals surface area contributed by atoms with Crippen molar-refractivity contribution in [1.82, 2.24) is 4.98 Å². The molecular weight excluding hydrogens is 210 g/mol. The monoisotopic (exact) mass is 231 g/mol. The van der Waals surface area contributed by atoms with E-state index >= 15 is 0 Å². The summed E-state index contributed by atoms with van der Waals surface area (Å²) in [6.07, 6.45) is 0.918. The van der Waals surface area contributed by atoms with Crippen LogP contribution in [0.25, 0.3) is 11.5 Å². The largest absolute Gasteiger partial charge is 0.441 e. The van der Waals surface area contributed by atoms with E-state index in [-0.39, 0.29) is 0 Å². The van der Waals surface area contributed by atoms with Gasteiger partial charge >= 0.3 is 0 Å². The SMILES string of the molecule is CC.CCc1nc(-c2cccc(C)c2)oc1C. The molecule has 2 heteroatoms. The topological polar surface area (TPSA) is 26.0 Å². The van der Waals surface area contributed by atoms with Crippen LogP contribution in [0.4, 0.5) is 0 Å². The average molecular weight is 231 g/mol. The molecule has 0 spiro atoms. The molecule has 0 unspecified atom stereocenters. The molecule has 17 heavy (non-hydrogen) atoms. The van der Waals surface area contributed by atoms with Crippen LogP contribution in [0.5, 0.6) is 0 Å². The van der Waals surface area contributed by atoms with Crippen LogP contribution in [-0.2, 0) is 6.42 Å². The fourth-order valence-corrected chi connectivity index (χ4v) is 1.66. The van der Waals surface area contributed by atoms with Gasteiger partial charge in [-0.15, -0.1) is 0 Å². The van der Waals surface area contributed by atoms with Gasteiger partial charge in [-0.2, -0.15) is 0 Å². The van der Waals surface area contributed by atoms with E-state index in [9.17, 15) is 0 Å². The normalized spacial score (nSPS) is 9.71. The van der Waals surface area contributed by atoms with E-state index in [2.05, 4.69) is 31.0 Å². The Bertz CT molecular complexity index is 472. The highest BCUT2D eigenvalue weighted by Gasteiger charge is 2.09. The summed E-state index contributed by atoms with van der Waals surface area (Å²) in [6.45, 7) is 10.1. The van der Waals surface area contributed by atoms with Crippen LogP contribution < -0.4 is 0 Å². The highest BCUT2D eigenvalue weighted by Crippen LogP contribution is 2.22. The lowest BCUT2D eigenvalue weighted by Gasteiger charge is -1.96. The Hall–Kier alpha value is -1.57. The van der Waals surface area contributed by atoms with E-state index in [4.69, 9.17) is 4.42 Å². The van der Waals surface area contributed by atoms with Crippen molar-refractivity contribution < 1.29 is 4.42 Å². The molecule has 1 heterocycles. The Morgan fingerprint density at radius 1 is 1.18 bits per heavy atom. The van der Waals surface area contributed by atoms with Crippen LogP contribution in [0.1, 0.15) is 37.8 Å². The van der Waals surface area contributed by atoms with Crippen LogP contribution in [0.15, 0.2) is 28.7 Å². The minimum Gasteiger partial charge on any atom is -0.441 e. The van der Waals surface area contributed by atoms with Crippen molar-refractivity contribution in [3.8, 4) is 11.5 Å². The van der Waals surface area contributed by atoms with Crippen LogP contribution in [-0.4, -0.2) is 4.98 Å². The second kappa shape index (κ2) is 6.24. The molecule has 1 aromatic carbocycles. The fraction of sp³-hybridized carbons (Fsp3) is 0.400. The van der Waals surface area contributed by atoms with Gasteiger partial charge in [-0.1, -0.05) is 38.5 Å². The molecule has 0 saturated carbocycles. The summed E-state index contributed by atoms with van der Waals surface area (Å²) in [6, 6.07) is 8.21. The summed E-state index contributed by atoms with van der Waals surface area (Å²) in [5.41, 5.74) is 3.32. The first kappa shape index (κ1) is 13.5. The molecule has 0 amide bonds. The van der Waals surface area contributed by atoms with Gasteiger partial charge in [0.15, 0.2) is 0 Å². The minimum atomic E-state index is 0.730. The summed E-state index contributed by atoms with van der Waals surface area (Å²) < 4.78 is 5.64. The number of rotatable bonds is 2. The van der Waals surface area contributed by atoms with Gasteiger partial charge in [0, 0.05) is 5.56 Å². The third kappa shape index (κ3) is 3.19. The van der Waals surface area contributed by atoms with Crippen molar-refractivity contribution in [2.24, 2.45) is 0 Å². The predicted octanol–water partition coefficient (Wildman–Crippen LogP) is 4.55. The second-order valence-corrected chi connectivity index (χ2v) is 3.74. The number of aromatic nitrogens is 1. The Morgan fingerprint density at radius 3 is 2.41 bits per heavy atom. The van der Waals surface area contributed by atoms with E-state index in [0.717, 1.165) is 29.3 Å². The van der Waals surface area contributed by atoms with Gasteiger partial charge < -0.3 is 4.42 Å². The summed E-state index contributed by atoms with van der Waals surface area (Å²) >= 11 is 0. The van der Waals surface area contributed by atoms with Gasteiger partial charge in [0.25, 0.3) is 0 Å². The van der Waals surface area contributed by atoms with Crippen molar-refractivity contribution in [3.05, 3.63) is 41.3 Å². The van der Waals surface area contributed by atoms with Crippen molar-refractivity contribution in [1.29, 1.82) is 0 Å². The Balaban J connectivity index is 0.000000686. The zero-order valence-electron chi connectivity index (χ0n) is 11.4. The molecule has 2 nitrogen and oxygen atoms in total. The number of aryl methyl sites for hydroxylation is 3. The quantitative estimate of drug-likeness (QED) is 0.758. The number of nitrogens with zero attached hydrogens (tertiary/aromatic N) is 1. The Morgan fingerprint density at radius 2 is 1.88 bits per heavy atom. The number of hydrogen-bond acceptors (Lipinski definition) is 2. The smallest absolute Gasteiger partial charge is 0.226 e. The molecule has 0 bridgehead atoms. The summed E-state index contributed by atoms with van der Waals surface area (Å²) in [5, 5.41) is 0. The molecule has 0 aliphatic carbocycles. The lowest BCUT2D eigenvalue weighted by Crippen LogP contribution is -1.83. The van der Waals surface area contributed by atoms with Gasteiger partial charge in [0.05, 0.1) is 5.69 Å². The van der Waals surface area contributed by atoms with E-state index < -0.39 is 0 Å². The lowest BCUT2D eigenvalue weighted by molar-refractivity contribution is 0.539. The second-order valence-electron chi connectivity index (χ2n) is 3.74. The van der Waals surface area contributed by atoms with Gasteiger partial charge in [-0.25, -0.2) is 4.98 Å². The highest BCUT2D eigenvalue weighted by atomic mass is 16.4.